The van der Waals surface area contributed by atoms with Gasteiger partial charge in [0, 0.05) is 42.0 Å². The van der Waals surface area contributed by atoms with Crippen molar-refractivity contribution in [2.45, 2.75) is 18.6 Å². The van der Waals surface area contributed by atoms with Gasteiger partial charge in [0.1, 0.15) is 6.04 Å². The molecule has 292 valence electrons. The molecule has 0 N–H and O–H groups in total. The summed E-state index contributed by atoms with van der Waals surface area (Å²) < 4.78 is 0. The smallest absolute Gasteiger partial charge is 0.116 e. The maximum atomic E-state index is 4.99. The Morgan fingerprint density at radius 1 is 0.508 bits per heavy atom. The normalized spacial score (nSPS) is 15.9. The van der Waals surface area contributed by atoms with Crippen LogP contribution in [-0.2, 0) is 6.54 Å². The molecular weight excluding hydrogens is 741 g/mol. The molecule has 9 aromatic rings. The van der Waals surface area contributed by atoms with Crippen molar-refractivity contribution in [2.75, 3.05) is 21.7 Å². The second-order valence-electron chi connectivity index (χ2n) is 16.2. The molecule has 2 unspecified atom stereocenters. The number of hydrogen-bond donors (Lipinski definition) is 0. The molecule has 4 nitrogen and oxygen atoms in total. The first-order chi connectivity index (χ1) is 30.1. The van der Waals surface area contributed by atoms with Crippen molar-refractivity contribution in [1.82, 2.24) is 0 Å². The average molecular weight is 785 g/mol. The highest BCUT2D eigenvalue weighted by Gasteiger charge is 2.35. The van der Waals surface area contributed by atoms with Crippen molar-refractivity contribution in [2.24, 2.45) is 4.99 Å². The second kappa shape index (κ2) is 15.5. The first-order valence-corrected chi connectivity index (χ1v) is 21.1. The number of benzene rings is 9. The zero-order valence-electron chi connectivity index (χ0n) is 34.0. The van der Waals surface area contributed by atoms with Gasteiger partial charge in [0.15, 0.2) is 0 Å². The molecule has 0 aromatic heterocycles. The van der Waals surface area contributed by atoms with Crippen LogP contribution in [0.25, 0.3) is 55.2 Å². The maximum Gasteiger partial charge on any atom is 0.116 e. The molecule has 1 aliphatic carbocycles. The number of fused-ring (bicyclic) bond motifs is 5. The van der Waals surface area contributed by atoms with E-state index in [9.17, 15) is 0 Å². The summed E-state index contributed by atoms with van der Waals surface area (Å²) in [6.07, 6.45) is 13.1. The number of rotatable bonds is 9. The third-order valence-electron chi connectivity index (χ3n) is 12.4. The molecule has 2 aliphatic rings. The monoisotopic (exact) mass is 784 g/mol. The summed E-state index contributed by atoms with van der Waals surface area (Å²) in [5.41, 5.74) is 9.49. The van der Waals surface area contributed by atoms with Gasteiger partial charge in [-0.1, -0.05) is 146 Å². The van der Waals surface area contributed by atoms with E-state index in [1.807, 2.05) is 6.34 Å². The zero-order valence-corrected chi connectivity index (χ0v) is 34.0. The van der Waals surface area contributed by atoms with Crippen molar-refractivity contribution in [3.63, 3.8) is 0 Å². The number of para-hydroxylation sites is 1. The number of nitrogens with zero attached hydrogens (tertiary/aromatic N) is 4. The van der Waals surface area contributed by atoms with Crippen LogP contribution >= 0.6 is 0 Å². The van der Waals surface area contributed by atoms with Gasteiger partial charge in [-0.15, -0.1) is 0 Å². The molecule has 0 radical (unpaired) electrons. The fraction of sp³-hybridized carbons (Fsp3) is 0.0702. The third kappa shape index (κ3) is 7.13. The summed E-state index contributed by atoms with van der Waals surface area (Å²) in [4.78, 5) is 12.0. The van der Waals surface area contributed by atoms with Crippen molar-refractivity contribution in [3.8, 4) is 0 Å². The molecule has 0 saturated heterocycles. The maximum absolute atomic E-state index is 4.99. The minimum Gasteiger partial charge on any atom is -0.346 e. The number of hydrogen-bond acceptors (Lipinski definition) is 4. The number of likely N-dealkylation sites (N-methyl/N-ethyl adjacent to an activating group) is 1. The van der Waals surface area contributed by atoms with Crippen LogP contribution in [0.4, 0.5) is 22.7 Å². The summed E-state index contributed by atoms with van der Waals surface area (Å²) in [6, 6.07) is 68.5. The van der Waals surface area contributed by atoms with Crippen molar-refractivity contribution in [1.29, 1.82) is 0 Å². The molecule has 61 heavy (non-hydrogen) atoms. The zero-order chi connectivity index (χ0) is 40.7. The molecule has 4 heteroatoms. The number of aliphatic imine (C=N–C) groups is 1. The van der Waals surface area contributed by atoms with Crippen molar-refractivity contribution < 1.29 is 0 Å². The molecule has 0 spiro atoms. The van der Waals surface area contributed by atoms with E-state index < -0.39 is 0 Å². The molecule has 9 aromatic carbocycles. The largest absolute Gasteiger partial charge is 0.346 e. The third-order valence-corrected chi connectivity index (χ3v) is 12.4. The highest BCUT2D eigenvalue weighted by Crippen LogP contribution is 2.36. The van der Waals surface area contributed by atoms with Crippen LogP contribution in [0.3, 0.4) is 0 Å². The molecule has 0 bridgehead atoms. The Hall–Kier alpha value is -7.69. The summed E-state index contributed by atoms with van der Waals surface area (Å²) in [5.74, 6) is 0. The summed E-state index contributed by atoms with van der Waals surface area (Å²) >= 11 is 0. The number of allylic oxidation sites excluding steroid dienone is 2. The highest BCUT2D eigenvalue weighted by atomic mass is 15.3. The highest BCUT2D eigenvalue weighted by molar-refractivity contribution is 5.94. The van der Waals surface area contributed by atoms with Gasteiger partial charge in [-0.2, -0.15) is 0 Å². The summed E-state index contributed by atoms with van der Waals surface area (Å²) in [5, 5.41) is 9.88. The van der Waals surface area contributed by atoms with Crippen LogP contribution in [0.15, 0.2) is 217 Å². The Bertz CT molecular complexity index is 3150. The first-order valence-electron chi connectivity index (χ1n) is 21.1. The topological polar surface area (TPSA) is 22.1 Å². The van der Waals surface area contributed by atoms with E-state index in [0.29, 0.717) is 0 Å². The molecule has 1 heterocycles. The Labute approximate surface area is 356 Å². The van der Waals surface area contributed by atoms with Gasteiger partial charge in [-0.25, -0.2) is 0 Å². The lowest BCUT2D eigenvalue weighted by Gasteiger charge is -2.33. The fourth-order valence-electron chi connectivity index (χ4n) is 9.05. The van der Waals surface area contributed by atoms with Crippen LogP contribution < -0.4 is 14.7 Å². The first kappa shape index (κ1) is 36.4. The molecule has 0 amide bonds. The van der Waals surface area contributed by atoms with Crippen LogP contribution in [-0.4, -0.2) is 25.5 Å². The Kier molecular flexibility index (Phi) is 9.24. The Morgan fingerprint density at radius 2 is 1.05 bits per heavy atom. The number of anilines is 4. The van der Waals surface area contributed by atoms with Crippen molar-refractivity contribution in [3.05, 3.63) is 229 Å². The van der Waals surface area contributed by atoms with E-state index in [2.05, 4.69) is 240 Å². The summed E-state index contributed by atoms with van der Waals surface area (Å²) in [6.45, 7) is 0.756. The van der Waals surface area contributed by atoms with Gasteiger partial charge < -0.3 is 14.7 Å². The van der Waals surface area contributed by atoms with Gasteiger partial charge >= 0.3 is 0 Å². The predicted octanol–water partition coefficient (Wildman–Crippen LogP) is 14.0. The molecule has 11 rings (SSSR count). The molecule has 0 fully saturated rings. The predicted molar refractivity (Wildman–Crippen MR) is 261 cm³/mol. The second-order valence-corrected chi connectivity index (χ2v) is 16.2. The van der Waals surface area contributed by atoms with E-state index in [0.717, 1.165) is 17.9 Å². The standard InChI is InChI=1S/C57H44N4/c1-59(51-14-3-2-4-15-51)55-16-9-17-56-57(55)58-39-61(56)54-31-28-49-33-41(21-24-50(49)37-54)19-18-40-20-23-48-34-42(22-25-47(48)32-40)38-60(52-29-26-43-10-5-7-12-45(43)35-52)53-30-27-44-11-6-8-13-46(44)36-53/h2-37,39,56-57H,38H2,1H3/b19-18+. The quantitative estimate of drug-likeness (QED) is 0.136. The van der Waals surface area contributed by atoms with Crippen molar-refractivity contribution >= 4 is 84.3 Å². The Morgan fingerprint density at radius 3 is 1.72 bits per heavy atom. The van der Waals surface area contributed by atoms with Gasteiger partial charge in [-0.05, 0) is 133 Å². The SMILES string of the molecule is CN(C1=CC=CC2C1N=CN2c1ccc2cc(/C=C/c3ccc4cc(CN(c5ccc6ccccc6c5)c5ccc6ccccc6c5)ccc4c3)ccc2c1)c1ccccc1. The summed E-state index contributed by atoms with van der Waals surface area (Å²) in [7, 11) is 2.13. The van der Waals surface area contributed by atoms with Crippen LogP contribution in [0.1, 0.15) is 16.7 Å². The van der Waals surface area contributed by atoms with Crippen LogP contribution in [0.5, 0.6) is 0 Å². The molecule has 0 saturated carbocycles. The van der Waals surface area contributed by atoms with Crippen LogP contribution in [0, 0.1) is 0 Å². The van der Waals surface area contributed by atoms with E-state index >= 15 is 0 Å². The molecule has 1 aliphatic heterocycles. The van der Waals surface area contributed by atoms with E-state index in [-0.39, 0.29) is 12.1 Å². The van der Waals surface area contributed by atoms with Gasteiger partial charge in [0.2, 0.25) is 0 Å². The van der Waals surface area contributed by atoms with Gasteiger partial charge in [-0.3, -0.25) is 4.99 Å². The van der Waals surface area contributed by atoms with Gasteiger partial charge in [0.05, 0.1) is 12.4 Å². The van der Waals surface area contributed by atoms with Gasteiger partial charge in [0.25, 0.3) is 0 Å². The molecule has 2 atom stereocenters. The van der Waals surface area contributed by atoms with E-state index in [4.69, 9.17) is 4.99 Å². The lowest BCUT2D eigenvalue weighted by molar-refractivity contribution is 0.685. The lowest BCUT2D eigenvalue weighted by Crippen LogP contribution is -2.40. The molecular formula is C57H44N4. The average Bonchev–Trinajstić information content (AvgIpc) is 3.77. The van der Waals surface area contributed by atoms with Crippen LogP contribution in [0.2, 0.25) is 0 Å². The van der Waals surface area contributed by atoms with E-state index in [1.54, 1.807) is 0 Å². The Balaban J connectivity index is 0.807. The van der Waals surface area contributed by atoms with E-state index in [1.165, 1.54) is 76.9 Å². The lowest BCUT2D eigenvalue weighted by atomic mass is 9.97. The minimum atomic E-state index is 0.0445. The fourth-order valence-corrected chi connectivity index (χ4v) is 9.05. The minimum absolute atomic E-state index is 0.0445.